The summed E-state index contributed by atoms with van der Waals surface area (Å²) >= 11 is 0. The van der Waals surface area contributed by atoms with Crippen molar-refractivity contribution in [2.45, 2.75) is 32.2 Å². The minimum Gasteiger partial charge on any atom is -0.338 e. The van der Waals surface area contributed by atoms with Gasteiger partial charge in [0.2, 0.25) is 0 Å². The average Bonchev–Trinajstić information content (AvgIpc) is 2.84. The first kappa shape index (κ1) is 12.7. The molecule has 1 saturated heterocycles. The maximum Gasteiger partial charge on any atom is 0.253 e. The van der Waals surface area contributed by atoms with Crippen LogP contribution in [0.1, 0.15) is 35.2 Å². The molecule has 3 atom stereocenters. The van der Waals surface area contributed by atoms with Crippen LogP contribution in [0.25, 0.3) is 0 Å². The molecule has 2 N–H and O–H groups in total. The standard InChI is InChI=1S/C16H22N2O/c1-11-5-7-12(8-6-11)16(19)18-9-13-3-2-4-15(17)14(13)10-18/h5-8,13-15H,2-4,9-10,17H2,1H3. The van der Waals surface area contributed by atoms with Gasteiger partial charge in [-0.1, -0.05) is 24.1 Å². The lowest BCUT2D eigenvalue weighted by atomic mass is 9.78. The molecule has 1 aliphatic heterocycles. The van der Waals surface area contributed by atoms with Crippen LogP contribution in [0.2, 0.25) is 0 Å². The molecule has 19 heavy (non-hydrogen) atoms. The van der Waals surface area contributed by atoms with Gasteiger partial charge in [-0.25, -0.2) is 0 Å². The number of nitrogens with zero attached hydrogens (tertiary/aromatic N) is 1. The number of hydrogen-bond acceptors (Lipinski definition) is 2. The molecular formula is C16H22N2O. The number of nitrogens with two attached hydrogens (primary N) is 1. The van der Waals surface area contributed by atoms with Gasteiger partial charge in [0.25, 0.3) is 5.91 Å². The van der Waals surface area contributed by atoms with Crippen molar-refractivity contribution in [2.75, 3.05) is 13.1 Å². The summed E-state index contributed by atoms with van der Waals surface area (Å²) < 4.78 is 0. The van der Waals surface area contributed by atoms with Gasteiger partial charge in [0.15, 0.2) is 0 Å². The SMILES string of the molecule is Cc1ccc(C(=O)N2CC3CCCC(N)C3C2)cc1. The van der Waals surface area contributed by atoms with E-state index in [4.69, 9.17) is 5.73 Å². The zero-order valence-electron chi connectivity index (χ0n) is 11.5. The zero-order chi connectivity index (χ0) is 13.4. The minimum absolute atomic E-state index is 0.168. The lowest BCUT2D eigenvalue weighted by Gasteiger charge is -2.29. The van der Waals surface area contributed by atoms with E-state index in [0.29, 0.717) is 11.8 Å². The van der Waals surface area contributed by atoms with Crippen molar-refractivity contribution in [3.05, 3.63) is 35.4 Å². The first-order valence-electron chi connectivity index (χ1n) is 7.26. The number of benzene rings is 1. The Kier molecular flexibility index (Phi) is 3.31. The molecule has 1 aromatic carbocycles. The highest BCUT2D eigenvalue weighted by Gasteiger charge is 2.40. The van der Waals surface area contributed by atoms with Gasteiger partial charge >= 0.3 is 0 Å². The third kappa shape index (κ3) is 2.39. The third-order valence-electron chi connectivity index (χ3n) is 4.74. The number of rotatable bonds is 1. The Labute approximate surface area is 114 Å². The Morgan fingerprint density at radius 2 is 1.95 bits per heavy atom. The molecule has 0 aromatic heterocycles. The second kappa shape index (κ2) is 4.97. The van der Waals surface area contributed by atoms with Crippen LogP contribution in [0.5, 0.6) is 0 Å². The lowest BCUT2D eigenvalue weighted by molar-refractivity contribution is 0.0783. The Morgan fingerprint density at radius 3 is 2.63 bits per heavy atom. The van der Waals surface area contributed by atoms with Gasteiger partial charge in [-0.2, -0.15) is 0 Å². The average molecular weight is 258 g/mol. The van der Waals surface area contributed by atoms with E-state index < -0.39 is 0 Å². The summed E-state index contributed by atoms with van der Waals surface area (Å²) in [6, 6.07) is 8.15. The van der Waals surface area contributed by atoms with Crippen LogP contribution in [0.15, 0.2) is 24.3 Å². The maximum atomic E-state index is 12.5. The summed E-state index contributed by atoms with van der Waals surface area (Å²) in [5.74, 6) is 1.31. The van der Waals surface area contributed by atoms with Crippen molar-refractivity contribution in [3.63, 3.8) is 0 Å². The van der Waals surface area contributed by atoms with Crippen molar-refractivity contribution in [1.29, 1.82) is 0 Å². The van der Waals surface area contributed by atoms with Crippen LogP contribution < -0.4 is 5.73 Å². The first-order chi connectivity index (χ1) is 9.15. The van der Waals surface area contributed by atoms with Crippen LogP contribution in [-0.2, 0) is 0 Å². The molecule has 0 radical (unpaired) electrons. The quantitative estimate of drug-likeness (QED) is 0.839. The van der Waals surface area contributed by atoms with Crippen LogP contribution in [-0.4, -0.2) is 29.9 Å². The van der Waals surface area contributed by atoms with E-state index >= 15 is 0 Å². The number of carbonyl (C=O) groups excluding carboxylic acids is 1. The molecule has 3 nitrogen and oxygen atoms in total. The van der Waals surface area contributed by atoms with Crippen LogP contribution in [0.3, 0.4) is 0 Å². The topological polar surface area (TPSA) is 46.3 Å². The highest BCUT2D eigenvalue weighted by Crippen LogP contribution is 2.36. The number of fused-ring (bicyclic) bond motifs is 1. The Morgan fingerprint density at radius 1 is 1.21 bits per heavy atom. The molecule has 1 heterocycles. The Bertz CT molecular complexity index is 468. The molecule has 2 aliphatic rings. The van der Waals surface area contributed by atoms with Crippen LogP contribution >= 0.6 is 0 Å². The fourth-order valence-electron chi connectivity index (χ4n) is 3.56. The normalized spacial score (nSPS) is 30.2. The van der Waals surface area contributed by atoms with Crippen LogP contribution in [0.4, 0.5) is 0 Å². The monoisotopic (exact) mass is 258 g/mol. The molecule has 1 amide bonds. The summed E-state index contributed by atoms with van der Waals surface area (Å²) in [5, 5.41) is 0. The number of amides is 1. The first-order valence-corrected chi connectivity index (χ1v) is 7.26. The third-order valence-corrected chi connectivity index (χ3v) is 4.74. The summed E-state index contributed by atoms with van der Waals surface area (Å²) in [6.45, 7) is 3.78. The maximum absolute atomic E-state index is 12.5. The second-order valence-corrected chi connectivity index (χ2v) is 6.09. The summed E-state index contributed by atoms with van der Waals surface area (Å²) in [4.78, 5) is 14.5. The Balaban J connectivity index is 1.73. The summed E-state index contributed by atoms with van der Waals surface area (Å²) in [7, 11) is 0. The molecule has 3 rings (SSSR count). The summed E-state index contributed by atoms with van der Waals surface area (Å²) in [5.41, 5.74) is 8.19. The minimum atomic E-state index is 0.168. The second-order valence-electron chi connectivity index (χ2n) is 6.09. The predicted molar refractivity (Wildman–Crippen MR) is 75.9 cm³/mol. The van der Waals surface area contributed by atoms with Crippen molar-refractivity contribution in [3.8, 4) is 0 Å². The van der Waals surface area contributed by atoms with E-state index in [1.807, 2.05) is 36.1 Å². The molecule has 3 unspecified atom stereocenters. The van der Waals surface area contributed by atoms with Crippen molar-refractivity contribution >= 4 is 5.91 Å². The number of likely N-dealkylation sites (tertiary alicyclic amines) is 1. The highest BCUT2D eigenvalue weighted by molar-refractivity contribution is 5.94. The largest absolute Gasteiger partial charge is 0.338 e. The van der Waals surface area contributed by atoms with Gasteiger partial charge in [-0.05, 0) is 43.7 Å². The van der Waals surface area contributed by atoms with E-state index in [-0.39, 0.29) is 11.9 Å². The molecule has 1 aromatic rings. The van der Waals surface area contributed by atoms with Gasteiger partial charge in [0.1, 0.15) is 0 Å². The molecule has 3 heteroatoms. The smallest absolute Gasteiger partial charge is 0.253 e. The van der Waals surface area contributed by atoms with Crippen molar-refractivity contribution < 1.29 is 4.79 Å². The molecule has 0 spiro atoms. The van der Waals surface area contributed by atoms with Gasteiger partial charge in [-0.3, -0.25) is 4.79 Å². The number of carbonyl (C=O) groups is 1. The number of hydrogen-bond donors (Lipinski definition) is 1. The Hall–Kier alpha value is -1.35. The van der Waals surface area contributed by atoms with Gasteiger partial charge in [-0.15, -0.1) is 0 Å². The lowest BCUT2D eigenvalue weighted by Crippen LogP contribution is -2.38. The van der Waals surface area contributed by atoms with E-state index in [1.165, 1.54) is 18.4 Å². The zero-order valence-corrected chi connectivity index (χ0v) is 11.5. The van der Waals surface area contributed by atoms with Gasteiger partial charge in [0.05, 0.1) is 0 Å². The molecule has 1 aliphatic carbocycles. The van der Waals surface area contributed by atoms with Crippen LogP contribution in [0, 0.1) is 18.8 Å². The predicted octanol–water partition coefficient (Wildman–Crippen LogP) is 2.19. The molecule has 1 saturated carbocycles. The van der Waals surface area contributed by atoms with Crippen molar-refractivity contribution in [2.24, 2.45) is 17.6 Å². The fraction of sp³-hybridized carbons (Fsp3) is 0.562. The molecular weight excluding hydrogens is 236 g/mol. The van der Waals surface area contributed by atoms with Gasteiger partial charge in [0, 0.05) is 24.7 Å². The highest BCUT2D eigenvalue weighted by atomic mass is 16.2. The molecule has 0 bridgehead atoms. The van der Waals surface area contributed by atoms with E-state index in [2.05, 4.69) is 0 Å². The fourth-order valence-corrected chi connectivity index (χ4v) is 3.56. The van der Waals surface area contributed by atoms with E-state index in [0.717, 1.165) is 25.1 Å². The summed E-state index contributed by atoms with van der Waals surface area (Å²) in [6.07, 6.45) is 3.57. The number of aryl methyl sites for hydroxylation is 1. The van der Waals surface area contributed by atoms with E-state index in [1.54, 1.807) is 0 Å². The molecule has 2 fully saturated rings. The van der Waals surface area contributed by atoms with Crippen molar-refractivity contribution in [1.82, 2.24) is 4.90 Å². The van der Waals surface area contributed by atoms with E-state index in [9.17, 15) is 4.79 Å². The van der Waals surface area contributed by atoms with Gasteiger partial charge < -0.3 is 10.6 Å². The molecule has 102 valence electrons.